The molecule has 0 amide bonds. The number of nitrogens with two attached hydrogens (primary N) is 1. The lowest BCUT2D eigenvalue weighted by Gasteiger charge is -2.20. The number of nitrogens with zero attached hydrogens (tertiary/aromatic N) is 1. The van der Waals surface area contributed by atoms with E-state index in [0.29, 0.717) is 0 Å². The van der Waals surface area contributed by atoms with Gasteiger partial charge in [0.1, 0.15) is 0 Å². The second-order valence-electron chi connectivity index (χ2n) is 4.43. The molecule has 1 atom stereocenters. The zero-order valence-electron chi connectivity index (χ0n) is 10.9. The Morgan fingerprint density at radius 3 is 2.47 bits per heavy atom. The average Bonchev–Trinajstić information content (AvgIpc) is 2.24. The second-order valence-corrected chi connectivity index (χ2v) is 4.43. The number of rotatable bonds is 8. The molecule has 0 aliphatic carbocycles. The van der Waals surface area contributed by atoms with Crippen LogP contribution in [0.15, 0.2) is 11.8 Å². The first-order valence-electron chi connectivity index (χ1n) is 6.23. The van der Waals surface area contributed by atoms with Gasteiger partial charge in [-0.25, -0.2) is 0 Å². The van der Waals surface area contributed by atoms with Crippen LogP contribution in [0.2, 0.25) is 0 Å². The molecule has 15 heavy (non-hydrogen) atoms. The maximum atomic E-state index is 5.86. The quantitative estimate of drug-likeness (QED) is 0.670. The minimum absolute atomic E-state index is 0.750. The Morgan fingerprint density at radius 2 is 2.00 bits per heavy atom. The van der Waals surface area contributed by atoms with Gasteiger partial charge < -0.3 is 10.6 Å². The zero-order chi connectivity index (χ0) is 11.7. The number of hydrogen-bond donors (Lipinski definition) is 1. The van der Waals surface area contributed by atoms with Gasteiger partial charge in [-0.05, 0) is 52.2 Å². The molecule has 2 N–H and O–H groups in total. The standard InChI is InChI=1S/C13H28N2/c1-5-9-15(4)10-8-12(6-2)11-13(14)7-3/h7,12H,5-6,8-11,14H2,1-4H3/b13-7-. The van der Waals surface area contributed by atoms with E-state index in [1.807, 2.05) is 13.0 Å². The first-order valence-corrected chi connectivity index (χ1v) is 6.23. The van der Waals surface area contributed by atoms with E-state index < -0.39 is 0 Å². The summed E-state index contributed by atoms with van der Waals surface area (Å²) in [7, 11) is 2.20. The van der Waals surface area contributed by atoms with Gasteiger partial charge in [0, 0.05) is 5.70 Å². The third-order valence-electron chi connectivity index (χ3n) is 3.00. The van der Waals surface area contributed by atoms with Gasteiger partial charge in [0.15, 0.2) is 0 Å². The van der Waals surface area contributed by atoms with Crippen LogP contribution in [-0.4, -0.2) is 25.0 Å². The largest absolute Gasteiger partial charge is 0.402 e. The van der Waals surface area contributed by atoms with E-state index >= 15 is 0 Å². The molecule has 0 fully saturated rings. The van der Waals surface area contributed by atoms with E-state index in [0.717, 1.165) is 18.0 Å². The molecule has 0 heterocycles. The zero-order valence-corrected chi connectivity index (χ0v) is 10.9. The molecule has 0 radical (unpaired) electrons. The van der Waals surface area contributed by atoms with Crippen LogP contribution in [0.1, 0.15) is 46.5 Å². The molecule has 2 heteroatoms. The van der Waals surface area contributed by atoms with E-state index in [-0.39, 0.29) is 0 Å². The summed E-state index contributed by atoms with van der Waals surface area (Å²) in [5.41, 5.74) is 6.90. The minimum atomic E-state index is 0.750. The summed E-state index contributed by atoms with van der Waals surface area (Å²) in [5, 5.41) is 0. The predicted molar refractivity (Wildman–Crippen MR) is 68.7 cm³/mol. The Hall–Kier alpha value is -0.500. The van der Waals surface area contributed by atoms with Crippen molar-refractivity contribution in [2.24, 2.45) is 11.7 Å². The molecule has 90 valence electrons. The van der Waals surface area contributed by atoms with E-state index in [2.05, 4.69) is 25.8 Å². The molecule has 0 aromatic carbocycles. The van der Waals surface area contributed by atoms with Gasteiger partial charge in [0.25, 0.3) is 0 Å². The molecule has 0 aliphatic rings. The Bertz CT molecular complexity index is 175. The molecule has 0 rings (SSSR count). The van der Waals surface area contributed by atoms with Gasteiger partial charge in [0.2, 0.25) is 0 Å². The maximum absolute atomic E-state index is 5.86. The molecular weight excluding hydrogens is 184 g/mol. The Labute approximate surface area is 95.5 Å². The highest BCUT2D eigenvalue weighted by atomic mass is 15.1. The highest BCUT2D eigenvalue weighted by Crippen LogP contribution is 2.16. The van der Waals surface area contributed by atoms with Crippen molar-refractivity contribution in [1.82, 2.24) is 4.90 Å². The van der Waals surface area contributed by atoms with Crippen molar-refractivity contribution in [3.05, 3.63) is 11.8 Å². The smallest absolute Gasteiger partial charge is 0.00399 e. The van der Waals surface area contributed by atoms with Crippen molar-refractivity contribution >= 4 is 0 Å². The number of allylic oxidation sites excluding steroid dienone is 2. The average molecular weight is 212 g/mol. The van der Waals surface area contributed by atoms with Gasteiger partial charge in [-0.15, -0.1) is 0 Å². The van der Waals surface area contributed by atoms with E-state index in [1.54, 1.807) is 0 Å². The second kappa shape index (κ2) is 8.78. The summed E-state index contributed by atoms with van der Waals surface area (Å²) in [6.07, 6.45) is 6.83. The van der Waals surface area contributed by atoms with Crippen LogP contribution in [0.3, 0.4) is 0 Å². The summed E-state index contributed by atoms with van der Waals surface area (Å²) in [4.78, 5) is 2.41. The fraction of sp³-hybridized carbons (Fsp3) is 0.846. The topological polar surface area (TPSA) is 29.3 Å². The lowest BCUT2D eigenvalue weighted by Crippen LogP contribution is -2.22. The lowest BCUT2D eigenvalue weighted by atomic mass is 9.96. The number of hydrogen-bond acceptors (Lipinski definition) is 2. The van der Waals surface area contributed by atoms with Gasteiger partial charge in [-0.2, -0.15) is 0 Å². The lowest BCUT2D eigenvalue weighted by molar-refractivity contribution is 0.295. The van der Waals surface area contributed by atoms with Crippen molar-refractivity contribution in [2.45, 2.75) is 46.5 Å². The van der Waals surface area contributed by atoms with E-state index in [9.17, 15) is 0 Å². The normalized spacial score (nSPS) is 14.6. The van der Waals surface area contributed by atoms with E-state index in [1.165, 1.54) is 32.4 Å². The summed E-state index contributed by atoms with van der Waals surface area (Å²) >= 11 is 0. The molecule has 0 saturated heterocycles. The predicted octanol–water partition coefficient (Wildman–Crippen LogP) is 3.00. The fourth-order valence-corrected chi connectivity index (χ4v) is 1.80. The summed E-state index contributed by atoms with van der Waals surface area (Å²) in [6.45, 7) is 8.91. The van der Waals surface area contributed by atoms with Crippen LogP contribution in [0.5, 0.6) is 0 Å². The van der Waals surface area contributed by atoms with Crippen molar-refractivity contribution in [3.63, 3.8) is 0 Å². The first kappa shape index (κ1) is 14.5. The van der Waals surface area contributed by atoms with Crippen molar-refractivity contribution < 1.29 is 0 Å². The Morgan fingerprint density at radius 1 is 1.33 bits per heavy atom. The van der Waals surface area contributed by atoms with Crippen molar-refractivity contribution in [3.8, 4) is 0 Å². The molecule has 0 bridgehead atoms. The van der Waals surface area contributed by atoms with Gasteiger partial charge in [-0.1, -0.05) is 26.3 Å². The Kier molecular flexibility index (Phi) is 8.49. The van der Waals surface area contributed by atoms with Crippen LogP contribution >= 0.6 is 0 Å². The highest BCUT2D eigenvalue weighted by molar-refractivity contribution is 4.95. The third kappa shape index (κ3) is 7.43. The molecule has 0 spiro atoms. The van der Waals surface area contributed by atoms with Crippen molar-refractivity contribution in [2.75, 3.05) is 20.1 Å². The Balaban J connectivity index is 3.79. The van der Waals surface area contributed by atoms with Crippen LogP contribution < -0.4 is 5.73 Å². The molecule has 0 saturated carbocycles. The first-order chi connectivity index (χ1) is 7.13. The minimum Gasteiger partial charge on any atom is -0.402 e. The van der Waals surface area contributed by atoms with Gasteiger partial charge >= 0.3 is 0 Å². The maximum Gasteiger partial charge on any atom is 0.00399 e. The fourth-order valence-electron chi connectivity index (χ4n) is 1.80. The van der Waals surface area contributed by atoms with Crippen LogP contribution in [0.4, 0.5) is 0 Å². The van der Waals surface area contributed by atoms with Crippen LogP contribution in [-0.2, 0) is 0 Å². The van der Waals surface area contributed by atoms with Crippen LogP contribution in [0.25, 0.3) is 0 Å². The molecule has 0 aliphatic heterocycles. The van der Waals surface area contributed by atoms with E-state index in [4.69, 9.17) is 5.73 Å². The van der Waals surface area contributed by atoms with Gasteiger partial charge in [0.05, 0.1) is 0 Å². The van der Waals surface area contributed by atoms with Crippen molar-refractivity contribution in [1.29, 1.82) is 0 Å². The molecule has 1 unspecified atom stereocenters. The van der Waals surface area contributed by atoms with Gasteiger partial charge in [-0.3, -0.25) is 0 Å². The highest BCUT2D eigenvalue weighted by Gasteiger charge is 2.08. The SMILES string of the molecule is C/C=C(\N)CC(CC)CCN(C)CCC. The monoisotopic (exact) mass is 212 g/mol. The van der Waals surface area contributed by atoms with Crippen LogP contribution in [0, 0.1) is 5.92 Å². The molecular formula is C13H28N2. The molecule has 0 aromatic rings. The molecule has 0 aromatic heterocycles. The molecule has 2 nitrogen and oxygen atoms in total. The summed E-state index contributed by atoms with van der Waals surface area (Å²) in [6, 6.07) is 0. The summed E-state index contributed by atoms with van der Waals surface area (Å²) in [5.74, 6) is 0.750. The third-order valence-corrected chi connectivity index (χ3v) is 3.00. The summed E-state index contributed by atoms with van der Waals surface area (Å²) < 4.78 is 0.